The lowest BCUT2D eigenvalue weighted by Crippen LogP contribution is -2.18. The lowest BCUT2D eigenvalue weighted by Gasteiger charge is -2.25. The Morgan fingerprint density at radius 3 is 2.54 bits per heavy atom. The van der Waals surface area contributed by atoms with Crippen molar-refractivity contribution < 1.29 is 19.4 Å². The molecule has 1 aromatic carbocycles. The van der Waals surface area contributed by atoms with Gasteiger partial charge in [0.15, 0.2) is 11.6 Å². The normalized spacial score (nSPS) is 13.9. The standard InChI is InChI=1S/C24H34O4/c1-7-24(5,12-8-9-18(4)14-19(25)13-17(2)3)16-23(27)21-11-10-20(28-6)15-22(21)26/h7,10-11,14-15,17,26H,1,8-9,12-13,16H2,2-6H3. The minimum Gasteiger partial charge on any atom is -0.507 e. The summed E-state index contributed by atoms with van der Waals surface area (Å²) in [7, 11) is 1.51. The average Bonchev–Trinajstić information content (AvgIpc) is 2.60. The molecule has 0 fully saturated rings. The van der Waals surface area contributed by atoms with Gasteiger partial charge in [-0.1, -0.05) is 32.4 Å². The molecule has 0 spiro atoms. The van der Waals surface area contributed by atoms with E-state index in [1.54, 1.807) is 18.2 Å². The Morgan fingerprint density at radius 2 is 2.00 bits per heavy atom. The number of allylic oxidation sites excluding steroid dienone is 3. The van der Waals surface area contributed by atoms with Crippen molar-refractivity contribution in [2.24, 2.45) is 11.3 Å². The van der Waals surface area contributed by atoms with E-state index >= 15 is 0 Å². The molecule has 4 nitrogen and oxygen atoms in total. The first-order chi connectivity index (χ1) is 13.1. The Morgan fingerprint density at radius 1 is 1.32 bits per heavy atom. The molecule has 0 aromatic heterocycles. The van der Waals surface area contributed by atoms with E-state index in [2.05, 4.69) is 6.58 Å². The number of carbonyl (C=O) groups excluding carboxylic acids is 2. The van der Waals surface area contributed by atoms with Gasteiger partial charge < -0.3 is 9.84 Å². The first-order valence-corrected chi connectivity index (χ1v) is 9.84. The summed E-state index contributed by atoms with van der Waals surface area (Å²) in [6.07, 6.45) is 6.85. The van der Waals surface area contributed by atoms with Crippen molar-refractivity contribution in [3.63, 3.8) is 0 Å². The van der Waals surface area contributed by atoms with E-state index in [1.807, 2.05) is 33.8 Å². The highest BCUT2D eigenvalue weighted by Crippen LogP contribution is 2.34. The fraction of sp³-hybridized carbons (Fsp3) is 0.500. The van der Waals surface area contributed by atoms with Gasteiger partial charge in [-0.3, -0.25) is 9.59 Å². The van der Waals surface area contributed by atoms with Gasteiger partial charge in [-0.2, -0.15) is 0 Å². The monoisotopic (exact) mass is 386 g/mol. The predicted octanol–water partition coefficient (Wildman–Crippen LogP) is 5.90. The fourth-order valence-electron chi connectivity index (χ4n) is 3.18. The van der Waals surface area contributed by atoms with Crippen LogP contribution in [0, 0.1) is 11.3 Å². The van der Waals surface area contributed by atoms with E-state index in [0.29, 0.717) is 23.7 Å². The molecule has 0 bridgehead atoms. The molecule has 0 aliphatic rings. The third-order valence-corrected chi connectivity index (χ3v) is 4.90. The van der Waals surface area contributed by atoms with Crippen molar-refractivity contribution in [3.05, 3.63) is 48.1 Å². The molecule has 1 atom stereocenters. The molecule has 0 amide bonds. The molecule has 0 heterocycles. The number of phenols is 1. The zero-order chi connectivity index (χ0) is 21.3. The van der Waals surface area contributed by atoms with Crippen molar-refractivity contribution >= 4 is 11.6 Å². The number of ketones is 2. The Kier molecular flexibility index (Phi) is 9.17. The number of Topliss-reactive ketones (excluding diaryl/α,β-unsaturated/α-hetero) is 1. The summed E-state index contributed by atoms with van der Waals surface area (Å²) < 4.78 is 5.06. The van der Waals surface area contributed by atoms with Crippen LogP contribution in [0.1, 0.15) is 70.2 Å². The van der Waals surface area contributed by atoms with Crippen molar-refractivity contribution in [2.75, 3.05) is 7.11 Å². The van der Waals surface area contributed by atoms with Gasteiger partial charge in [-0.05, 0) is 55.7 Å². The second-order valence-corrected chi connectivity index (χ2v) is 8.25. The molecule has 1 rings (SSSR count). The molecular formula is C24H34O4. The van der Waals surface area contributed by atoms with E-state index in [-0.39, 0.29) is 29.2 Å². The first-order valence-electron chi connectivity index (χ1n) is 9.84. The highest BCUT2D eigenvalue weighted by Gasteiger charge is 2.26. The maximum absolute atomic E-state index is 12.7. The van der Waals surface area contributed by atoms with E-state index in [9.17, 15) is 14.7 Å². The molecule has 0 radical (unpaired) electrons. The molecule has 154 valence electrons. The summed E-state index contributed by atoms with van der Waals surface area (Å²) in [5, 5.41) is 10.1. The SMILES string of the molecule is C=CC(C)(CCCC(C)=CC(=O)CC(C)C)CC(=O)c1ccc(OC)cc1O. The largest absolute Gasteiger partial charge is 0.507 e. The number of hydrogen-bond acceptors (Lipinski definition) is 4. The molecule has 1 unspecified atom stereocenters. The summed E-state index contributed by atoms with van der Waals surface area (Å²) in [6, 6.07) is 4.70. The highest BCUT2D eigenvalue weighted by atomic mass is 16.5. The molecule has 1 N–H and O–H groups in total. The van der Waals surface area contributed by atoms with Gasteiger partial charge in [0.1, 0.15) is 11.5 Å². The second-order valence-electron chi connectivity index (χ2n) is 8.25. The molecule has 1 aromatic rings. The van der Waals surface area contributed by atoms with Crippen LogP contribution in [0.2, 0.25) is 0 Å². The topological polar surface area (TPSA) is 63.6 Å². The Bertz CT molecular complexity index is 730. The van der Waals surface area contributed by atoms with Crippen LogP contribution in [0.25, 0.3) is 0 Å². The average molecular weight is 387 g/mol. The summed E-state index contributed by atoms with van der Waals surface area (Å²) >= 11 is 0. The van der Waals surface area contributed by atoms with Crippen molar-refractivity contribution in [1.29, 1.82) is 0 Å². The van der Waals surface area contributed by atoms with Crippen LogP contribution in [0.4, 0.5) is 0 Å². The molecule has 28 heavy (non-hydrogen) atoms. The third kappa shape index (κ3) is 7.71. The van der Waals surface area contributed by atoms with Crippen molar-refractivity contribution in [3.8, 4) is 11.5 Å². The molecule has 0 saturated carbocycles. The van der Waals surface area contributed by atoms with Gasteiger partial charge in [0.2, 0.25) is 0 Å². The zero-order valence-corrected chi connectivity index (χ0v) is 17.9. The number of aromatic hydroxyl groups is 1. The maximum Gasteiger partial charge on any atom is 0.167 e. The van der Waals surface area contributed by atoms with Gasteiger partial charge in [0.25, 0.3) is 0 Å². The number of phenolic OH excluding ortho intramolecular Hbond substituents is 1. The summed E-state index contributed by atoms with van der Waals surface area (Å²) in [5.41, 5.74) is 0.992. The Labute approximate surface area is 169 Å². The van der Waals surface area contributed by atoms with E-state index in [4.69, 9.17) is 4.74 Å². The van der Waals surface area contributed by atoms with Gasteiger partial charge in [-0.15, -0.1) is 6.58 Å². The van der Waals surface area contributed by atoms with Crippen LogP contribution < -0.4 is 4.74 Å². The minimum absolute atomic E-state index is 0.0711. The number of hydrogen-bond donors (Lipinski definition) is 1. The number of methoxy groups -OCH3 is 1. The zero-order valence-electron chi connectivity index (χ0n) is 17.9. The quantitative estimate of drug-likeness (QED) is 0.276. The molecule has 4 heteroatoms. The van der Waals surface area contributed by atoms with Crippen molar-refractivity contribution in [2.45, 2.75) is 59.8 Å². The summed E-state index contributed by atoms with van der Waals surface area (Å²) in [6.45, 7) is 12.0. The summed E-state index contributed by atoms with van der Waals surface area (Å²) in [5.74, 6) is 0.847. The number of rotatable bonds is 12. The van der Waals surface area contributed by atoms with Crippen LogP contribution in [0.15, 0.2) is 42.5 Å². The lowest BCUT2D eigenvalue weighted by molar-refractivity contribution is -0.115. The van der Waals surface area contributed by atoms with E-state index in [0.717, 1.165) is 24.8 Å². The molecule has 0 aliphatic heterocycles. The van der Waals surface area contributed by atoms with Crippen LogP contribution in [-0.4, -0.2) is 23.8 Å². The van der Waals surface area contributed by atoms with Crippen LogP contribution in [0.5, 0.6) is 11.5 Å². The first kappa shape index (κ1) is 23.7. The van der Waals surface area contributed by atoms with E-state index in [1.165, 1.54) is 13.2 Å². The fourth-order valence-corrected chi connectivity index (χ4v) is 3.18. The smallest absolute Gasteiger partial charge is 0.167 e. The van der Waals surface area contributed by atoms with Gasteiger partial charge in [-0.25, -0.2) is 0 Å². The van der Waals surface area contributed by atoms with Gasteiger partial charge in [0.05, 0.1) is 12.7 Å². The lowest BCUT2D eigenvalue weighted by atomic mass is 9.79. The number of benzene rings is 1. The minimum atomic E-state index is -0.369. The highest BCUT2D eigenvalue weighted by molar-refractivity contribution is 5.99. The Hall–Kier alpha value is -2.36. The van der Waals surface area contributed by atoms with Crippen LogP contribution >= 0.6 is 0 Å². The number of carbonyl (C=O) groups is 2. The molecular weight excluding hydrogens is 352 g/mol. The predicted molar refractivity (Wildman–Crippen MR) is 114 cm³/mol. The second kappa shape index (κ2) is 10.8. The van der Waals surface area contributed by atoms with Gasteiger partial charge in [0, 0.05) is 18.9 Å². The van der Waals surface area contributed by atoms with Crippen molar-refractivity contribution in [1.82, 2.24) is 0 Å². The Balaban J connectivity index is 2.67. The number of ether oxygens (including phenoxy) is 1. The summed E-state index contributed by atoms with van der Waals surface area (Å²) in [4.78, 5) is 24.6. The molecule has 0 saturated heterocycles. The van der Waals surface area contributed by atoms with E-state index < -0.39 is 0 Å². The molecule has 0 aliphatic carbocycles. The van der Waals surface area contributed by atoms with Crippen LogP contribution in [-0.2, 0) is 4.79 Å². The van der Waals surface area contributed by atoms with Gasteiger partial charge >= 0.3 is 0 Å². The maximum atomic E-state index is 12.7. The third-order valence-electron chi connectivity index (χ3n) is 4.90. The van der Waals surface area contributed by atoms with Crippen LogP contribution in [0.3, 0.4) is 0 Å².